The zero-order chi connectivity index (χ0) is 19.2. The van der Waals surface area contributed by atoms with Gasteiger partial charge in [0.05, 0.1) is 11.4 Å². The number of aromatic nitrogens is 1. The Bertz CT molecular complexity index is 930. The summed E-state index contributed by atoms with van der Waals surface area (Å²) in [7, 11) is 0. The number of hydrogen-bond donors (Lipinski definition) is 2. The highest BCUT2D eigenvalue weighted by Crippen LogP contribution is 2.35. The third-order valence-corrected chi connectivity index (χ3v) is 4.44. The highest BCUT2D eigenvalue weighted by Gasteiger charge is 2.20. The van der Waals surface area contributed by atoms with Gasteiger partial charge >= 0.3 is 0 Å². The quantitative estimate of drug-likeness (QED) is 0.694. The summed E-state index contributed by atoms with van der Waals surface area (Å²) in [4.78, 5) is 15.8. The van der Waals surface area contributed by atoms with Crippen LogP contribution in [0.1, 0.15) is 28.9 Å². The van der Waals surface area contributed by atoms with Crippen LogP contribution in [-0.4, -0.2) is 17.4 Å². The molecule has 3 N–H and O–H groups in total. The molecule has 1 heterocycles. The molecule has 0 saturated heterocycles. The van der Waals surface area contributed by atoms with E-state index in [1.165, 1.54) is 5.57 Å². The van der Waals surface area contributed by atoms with E-state index in [4.69, 9.17) is 5.73 Å². The van der Waals surface area contributed by atoms with Crippen LogP contribution in [0.5, 0.6) is 0 Å². The molecule has 1 aromatic heterocycles. The van der Waals surface area contributed by atoms with Crippen molar-refractivity contribution in [3.8, 4) is 11.1 Å². The Labute approximate surface area is 159 Å². The monoisotopic (exact) mass is 357 g/mol. The number of nitrogens with zero attached hydrogens (tertiary/aromatic N) is 1. The minimum Gasteiger partial charge on any atom is -0.379 e. The summed E-state index contributed by atoms with van der Waals surface area (Å²) in [6.07, 6.45) is 9.53. The van der Waals surface area contributed by atoms with Crippen molar-refractivity contribution in [1.82, 2.24) is 10.3 Å². The average molecular weight is 357 g/mol. The molecular formula is C23H23N3O. The van der Waals surface area contributed by atoms with E-state index in [9.17, 15) is 4.79 Å². The Balaban J connectivity index is 1.85. The number of carbonyl (C=O) groups is 1. The molecule has 2 aromatic rings. The van der Waals surface area contributed by atoms with Crippen molar-refractivity contribution in [3.63, 3.8) is 0 Å². The second kappa shape index (κ2) is 8.32. The molecule has 136 valence electrons. The molecule has 1 aliphatic carbocycles. The molecule has 0 bridgehead atoms. The van der Waals surface area contributed by atoms with Crippen molar-refractivity contribution in [2.45, 2.75) is 12.8 Å². The zero-order valence-electron chi connectivity index (χ0n) is 15.2. The SMILES string of the molecule is C=C/C=C(\C=C)CNC(=C1CC1)c1cc(-c2ccc(C(N)=O)cc2)ccn1. The third kappa shape index (κ3) is 4.61. The Hall–Kier alpha value is -3.40. The summed E-state index contributed by atoms with van der Waals surface area (Å²) >= 11 is 0. The van der Waals surface area contributed by atoms with Gasteiger partial charge in [0, 0.05) is 18.3 Å². The number of carbonyl (C=O) groups excluding carboxylic acids is 1. The number of hydrogen-bond acceptors (Lipinski definition) is 3. The molecule has 1 amide bonds. The Morgan fingerprint density at radius 1 is 1.15 bits per heavy atom. The molecule has 1 fully saturated rings. The molecule has 1 saturated carbocycles. The molecule has 27 heavy (non-hydrogen) atoms. The molecule has 0 atom stereocenters. The van der Waals surface area contributed by atoms with Crippen LogP contribution >= 0.6 is 0 Å². The summed E-state index contributed by atoms with van der Waals surface area (Å²) in [6.45, 7) is 8.26. The minimum atomic E-state index is -0.424. The fourth-order valence-electron chi connectivity index (χ4n) is 2.82. The first-order valence-corrected chi connectivity index (χ1v) is 8.89. The van der Waals surface area contributed by atoms with Gasteiger partial charge in [-0.1, -0.05) is 43.5 Å². The lowest BCUT2D eigenvalue weighted by atomic mass is 10.0. The van der Waals surface area contributed by atoms with Crippen LogP contribution in [0.3, 0.4) is 0 Å². The van der Waals surface area contributed by atoms with E-state index in [1.807, 2.05) is 36.5 Å². The van der Waals surface area contributed by atoms with Crippen LogP contribution in [-0.2, 0) is 0 Å². The number of benzene rings is 1. The number of nitrogens with two attached hydrogens (primary N) is 1. The van der Waals surface area contributed by atoms with Gasteiger partial charge in [-0.2, -0.15) is 0 Å². The molecule has 4 heteroatoms. The summed E-state index contributed by atoms with van der Waals surface area (Å²) in [5, 5.41) is 3.51. The first-order valence-electron chi connectivity index (χ1n) is 8.89. The summed E-state index contributed by atoms with van der Waals surface area (Å²) in [5.41, 5.74) is 12.3. The highest BCUT2D eigenvalue weighted by molar-refractivity contribution is 5.93. The Kier molecular flexibility index (Phi) is 5.67. The molecule has 1 aliphatic rings. The van der Waals surface area contributed by atoms with Gasteiger partial charge < -0.3 is 11.1 Å². The van der Waals surface area contributed by atoms with Crippen molar-refractivity contribution >= 4 is 11.6 Å². The molecule has 0 aliphatic heterocycles. The average Bonchev–Trinajstić information content (AvgIpc) is 3.53. The number of rotatable bonds is 8. The molecule has 0 radical (unpaired) electrons. The highest BCUT2D eigenvalue weighted by atomic mass is 16.1. The summed E-state index contributed by atoms with van der Waals surface area (Å²) in [5.74, 6) is -0.424. The first kappa shape index (κ1) is 18.4. The number of amides is 1. The largest absolute Gasteiger partial charge is 0.379 e. The standard InChI is InChI=1S/C23H23N3O/c1-3-5-16(4-2)15-26-22(18-8-9-18)21-14-20(12-13-25-21)17-6-10-19(11-7-17)23(24)27/h3-7,10-14,26H,1-2,8-9,15H2,(H2,24,27)/b16-5+. The minimum absolute atomic E-state index is 0.424. The van der Waals surface area contributed by atoms with E-state index in [0.717, 1.165) is 40.9 Å². The fraction of sp³-hybridized carbons (Fsp3) is 0.130. The first-order chi connectivity index (χ1) is 13.1. The van der Waals surface area contributed by atoms with Crippen molar-refractivity contribution < 1.29 is 4.79 Å². The molecule has 4 nitrogen and oxygen atoms in total. The second-order valence-corrected chi connectivity index (χ2v) is 6.38. The maximum atomic E-state index is 11.3. The van der Waals surface area contributed by atoms with Gasteiger partial charge in [0.25, 0.3) is 0 Å². The molecule has 0 spiro atoms. The number of allylic oxidation sites excluding steroid dienone is 3. The van der Waals surface area contributed by atoms with Crippen LogP contribution in [0.25, 0.3) is 16.8 Å². The van der Waals surface area contributed by atoms with Crippen LogP contribution in [0.15, 0.2) is 85.1 Å². The number of pyridine rings is 1. The van der Waals surface area contributed by atoms with Crippen LogP contribution in [0.4, 0.5) is 0 Å². The second-order valence-electron chi connectivity index (χ2n) is 6.38. The van der Waals surface area contributed by atoms with E-state index in [2.05, 4.69) is 29.5 Å². The third-order valence-electron chi connectivity index (χ3n) is 4.44. The predicted molar refractivity (Wildman–Crippen MR) is 111 cm³/mol. The van der Waals surface area contributed by atoms with E-state index in [0.29, 0.717) is 12.1 Å². The fourth-order valence-corrected chi connectivity index (χ4v) is 2.82. The van der Waals surface area contributed by atoms with Crippen molar-refractivity contribution in [1.29, 1.82) is 0 Å². The van der Waals surface area contributed by atoms with Gasteiger partial charge in [0.1, 0.15) is 0 Å². The van der Waals surface area contributed by atoms with Gasteiger partial charge in [0.2, 0.25) is 5.91 Å². The Morgan fingerprint density at radius 2 is 1.89 bits per heavy atom. The Morgan fingerprint density at radius 3 is 2.48 bits per heavy atom. The molecule has 3 rings (SSSR count). The van der Waals surface area contributed by atoms with Gasteiger partial charge in [-0.3, -0.25) is 9.78 Å². The number of primary amides is 1. The van der Waals surface area contributed by atoms with E-state index in [-0.39, 0.29) is 0 Å². The molecular weight excluding hydrogens is 334 g/mol. The van der Waals surface area contributed by atoms with E-state index in [1.54, 1.807) is 18.2 Å². The molecule has 1 aromatic carbocycles. The van der Waals surface area contributed by atoms with Crippen molar-refractivity contribution in [2.24, 2.45) is 5.73 Å². The maximum Gasteiger partial charge on any atom is 0.248 e. The lowest BCUT2D eigenvalue weighted by Crippen LogP contribution is -2.16. The topological polar surface area (TPSA) is 68.0 Å². The van der Waals surface area contributed by atoms with Gasteiger partial charge in [-0.15, -0.1) is 0 Å². The smallest absolute Gasteiger partial charge is 0.248 e. The number of nitrogens with one attached hydrogen (secondary N) is 1. The zero-order valence-corrected chi connectivity index (χ0v) is 15.2. The van der Waals surface area contributed by atoms with Gasteiger partial charge in [-0.25, -0.2) is 0 Å². The lowest BCUT2D eigenvalue weighted by molar-refractivity contribution is 0.100. The van der Waals surface area contributed by atoms with Crippen LogP contribution in [0, 0.1) is 0 Å². The van der Waals surface area contributed by atoms with E-state index < -0.39 is 5.91 Å². The van der Waals surface area contributed by atoms with Crippen molar-refractivity contribution in [3.05, 3.63) is 96.4 Å². The van der Waals surface area contributed by atoms with Crippen LogP contribution in [0.2, 0.25) is 0 Å². The lowest BCUT2D eigenvalue weighted by Gasteiger charge is -2.12. The van der Waals surface area contributed by atoms with Crippen molar-refractivity contribution in [2.75, 3.05) is 6.54 Å². The summed E-state index contributed by atoms with van der Waals surface area (Å²) < 4.78 is 0. The summed E-state index contributed by atoms with van der Waals surface area (Å²) in [6, 6.07) is 11.3. The normalized spacial score (nSPS) is 13.0. The van der Waals surface area contributed by atoms with Crippen LogP contribution < -0.4 is 11.1 Å². The van der Waals surface area contributed by atoms with Gasteiger partial charge in [-0.05, 0) is 59.4 Å². The molecule has 0 unspecified atom stereocenters. The van der Waals surface area contributed by atoms with Gasteiger partial charge in [0.15, 0.2) is 0 Å². The predicted octanol–water partition coefficient (Wildman–Crippen LogP) is 4.24. The maximum absolute atomic E-state index is 11.3. The van der Waals surface area contributed by atoms with E-state index >= 15 is 0 Å².